The van der Waals surface area contributed by atoms with E-state index in [1.165, 1.54) is 4.90 Å². The molecule has 6 nitrogen and oxygen atoms in total. The number of hydrogen-bond donors (Lipinski definition) is 2. The summed E-state index contributed by atoms with van der Waals surface area (Å²) in [7, 11) is 0. The van der Waals surface area contributed by atoms with Gasteiger partial charge >= 0.3 is 0 Å². The van der Waals surface area contributed by atoms with Crippen molar-refractivity contribution in [1.82, 2.24) is 15.2 Å². The highest BCUT2D eigenvalue weighted by Gasteiger charge is 2.32. The Morgan fingerprint density at radius 2 is 2.50 bits per heavy atom. The number of aromatic nitrogens is 3. The minimum absolute atomic E-state index is 0.0151. The van der Waals surface area contributed by atoms with Crippen LogP contribution in [0.4, 0.5) is 5.95 Å². The Morgan fingerprint density at radius 1 is 1.71 bits per heavy atom. The maximum absolute atomic E-state index is 11.5. The zero-order valence-corrected chi connectivity index (χ0v) is 7.90. The van der Waals surface area contributed by atoms with Crippen LogP contribution in [-0.4, -0.2) is 39.3 Å². The molecule has 0 spiro atoms. The minimum atomic E-state index is -0.0250. The van der Waals surface area contributed by atoms with Crippen molar-refractivity contribution in [2.75, 3.05) is 18.1 Å². The van der Waals surface area contributed by atoms with Crippen LogP contribution in [0.2, 0.25) is 0 Å². The number of rotatable bonds is 2. The third-order valence-electron chi connectivity index (χ3n) is 2.29. The molecule has 76 valence electrons. The molecule has 0 radical (unpaired) electrons. The number of nitrogens with zero attached hydrogens (tertiary/aromatic N) is 3. The molecular weight excluding hydrogens is 184 g/mol. The van der Waals surface area contributed by atoms with E-state index in [1.54, 1.807) is 6.92 Å². The molecule has 0 bridgehead atoms. The SMILES string of the molecule is Cc1nc(N2CC(CO)CC2=O)n[nH]1. The van der Waals surface area contributed by atoms with Crippen LogP contribution in [0.15, 0.2) is 0 Å². The summed E-state index contributed by atoms with van der Waals surface area (Å²) in [6.45, 7) is 2.32. The Kier molecular flexibility index (Phi) is 2.20. The van der Waals surface area contributed by atoms with E-state index in [9.17, 15) is 4.79 Å². The first-order valence-electron chi connectivity index (χ1n) is 4.51. The molecule has 1 unspecified atom stereocenters. The lowest BCUT2D eigenvalue weighted by Gasteiger charge is -2.10. The average Bonchev–Trinajstić information content (AvgIpc) is 2.71. The van der Waals surface area contributed by atoms with Crippen LogP contribution in [0.1, 0.15) is 12.2 Å². The van der Waals surface area contributed by atoms with Crippen LogP contribution in [0, 0.1) is 12.8 Å². The van der Waals surface area contributed by atoms with Gasteiger partial charge in [0.15, 0.2) is 0 Å². The molecule has 14 heavy (non-hydrogen) atoms. The predicted molar refractivity (Wildman–Crippen MR) is 48.7 cm³/mol. The fraction of sp³-hybridized carbons (Fsp3) is 0.625. The molecule has 1 aliphatic rings. The summed E-state index contributed by atoms with van der Waals surface area (Å²) >= 11 is 0. The number of hydrogen-bond acceptors (Lipinski definition) is 4. The number of nitrogens with one attached hydrogen (secondary N) is 1. The van der Waals surface area contributed by atoms with Crippen molar-refractivity contribution < 1.29 is 9.90 Å². The second-order valence-corrected chi connectivity index (χ2v) is 3.48. The maximum atomic E-state index is 11.5. The highest BCUT2D eigenvalue weighted by atomic mass is 16.3. The van der Waals surface area contributed by atoms with E-state index in [1.807, 2.05) is 0 Å². The number of aromatic amines is 1. The number of aliphatic hydroxyl groups excluding tert-OH is 1. The molecule has 2 rings (SSSR count). The molecule has 1 aromatic rings. The number of carbonyl (C=O) groups excluding carboxylic acids is 1. The third kappa shape index (κ3) is 1.48. The Balaban J connectivity index is 2.16. The summed E-state index contributed by atoms with van der Waals surface area (Å²) in [6, 6.07) is 0. The Labute approximate surface area is 80.9 Å². The van der Waals surface area contributed by atoms with E-state index >= 15 is 0 Å². The van der Waals surface area contributed by atoms with Gasteiger partial charge in [-0.3, -0.25) is 14.8 Å². The van der Waals surface area contributed by atoms with Gasteiger partial charge in [-0.15, -0.1) is 5.10 Å². The predicted octanol–water partition coefficient (Wildman–Crippen LogP) is -0.542. The van der Waals surface area contributed by atoms with Crippen molar-refractivity contribution >= 4 is 11.9 Å². The van der Waals surface area contributed by atoms with Crippen molar-refractivity contribution in [2.45, 2.75) is 13.3 Å². The van der Waals surface area contributed by atoms with Crippen molar-refractivity contribution in [3.8, 4) is 0 Å². The highest BCUT2D eigenvalue weighted by Crippen LogP contribution is 2.21. The number of carbonyl (C=O) groups is 1. The fourth-order valence-electron chi connectivity index (χ4n) is 1.55. The first kappa shape index (κ1) is 9.14. The molecule has 2 heterocycles. The summed E-state index contributed by atoms with van der Waals surface area (Å²) in [5, 5.41) is 15.5. The van der Waals surface area contributed by atoms with E-state index in [-0.39, 0.29) is 18.4 Å². The quantitative estimate of drug-likeness (QED) is 0.665. The van der Waals surface area contributed by atoms with Crippen molar-refractivity contribution in [3.63, 3.8) is 0 Å². The number of anilines is 1. The van der Waals surface area contributed by atoms with Crippen LogP contribution >= 0.6 is 0 Å². The van der Waals surface area contributed by atoms with Gasteiger partial charge in [0.05, 0.1) is 0 Å². The molecule has 0 aliphatic carbocycles. The topological polar surface area (TPSA) is 82.1 Å². The molecular formula is C8H12N4O2. The highest BCUT2D eigenvalue weighted by molar-refractivity contribution is 5.93. The van der Waals surface area contributed by atoms with Crippen LogP contribution < -0.4 is 4.90 Å². The Bertz CT molecular complexity index is 349. The van der Waals surface area contributed by atoms with Crippen LogP contribution in [0.5, 0.6) is 0 Å². The zero-order chi connectivity index (χ0) is 10.1. The largest absolute Gasteiger partial charge is 0.396 e. The molecule has 1 atom stereocenters. The Morgan fingerprint density at radius 3 is 3.00 bits per heavy atom. The normalized spacial score (nSPS) is 22.0. The summed E-state index contributed by atoms with van der Waals surface area (Å²) in [6.07, 6.45) is 0.379. The summed E-state index contributed by atoms with van der Waals surface area (Å²) < 4.78 is 0. The van der Waals surface area contributed by atoms with E-state index < -0.39 is 0 Å². The number of amides is 1. The fourth-order valence-corrected chi connectivity index (χ4v) is 1.55. The molecule has 1 fully saturated rings. The smallest absolute Gasteiger partial charge is 0.251 e. The van der Waals surface area contributed by atoms with Crippen LogP contribution in [0.25, 0.3) is 0 Å². The van der Waals surface area contributed by atoms with Gasteiger partial charge < -0.3 is 5.11 Å². The standard InChI is InChI=1S/C8H12N4O2/c1-5-9-8(11-10-5)12-3-6(4-13)2-7(12)14/h6,13H,2-4H2,1H3,(H,9,10,11). The molecule has 1 amide bonds. The van der Waals surface area contributed by atoms with Gasteiger partial charge in [-0.2, -0.15) is 4.98 Å². The van der Waals surface area contributed by atoms with E-state index in [0.717, 1.165) is 0 Å². The van der Waals surface area contributed by atoms with Crippen LogP contribution in [-0.2, 0) is 4.79 Å². The molecule has 1 saturated heterocycles. The first-order chi connectivity index (χ1) is 6.70. The van der Waals surface area contributed by atoms with Gasteiger partial charge in [-0.25, -0.2) is 0 Å². The molecule has 0 aromatic carbocycles. The lowest BCUT2D eigenvalue weighted by molar-refractivity contribution is -0.117. The maximum Gasteiger partial charge on any atom is 0.251 e. The van der Waals surface area contributed by atoms with Gasteiger partial charge in [0, 0.05) is 25.5 Å². The van der Waals surface area contributed by atoms with Crippen molar-refractivity contribution in [2.24, 2.45) is 5.92 Å². The molecule has 2 N–H and O–H groups in total. The number of aliphatic hydroxyl groups is 1. The lowest BCUT2D eigenvalue weighted by atomic mass is 10.1. The van der Waals surface area contributed by atoms with Crippen molar-refractivity contribution in [1.29, 1.82) is 0 Å². The number of H-pyrrole nitrogens is 1. The molecule has 6 heteroatoms. The molecule has 0 saturated carbocycles. The summed E-state index contributed by atoms with van der Waals surface area (Å²) in [5.74, 6) is 1.08. The van der Waals surface area contributed by atoms with E-state index in [4.69, 9.17) is 5.11 Å². The van der Waals surface area contributed by atoms with E-state index in [0.29, 0.717) is 24.7 Å². The number of aryl methyl sites for hydroxylation is 1. The molecule has 1 aromatic heterocycles. The minimum Gasteiger partial charge on any atom is -0.396 e. The second-order valence-electron chi connectivity index (χ2n) is 3.48. The van der Waals surface area contributed by atoms with E-state index in [2.05, 4.69) is 15.2 Å². The van der Waals surface area contributed by atoms with Crippen molar-refractivity contribution in [3.05, 3.63) is 5.82 Å². The third-order valence-corrected chi connectivity index (χ3v) is 2.29. The van der Waals surface area contributed by atoms with Gasteiger partial charge in [-0.1, -0.05) is 0 Å². The zero-order valence-electron chi connectivity index (χ0n) is 7.90. The van der Waals surface area contributed by atoms with Gasteiger partial charge in [0.25, 0.3) is 5.95 Å². The van der Waals surface area contributed by atoms with Gasteiger partial charge in [0.1, 0.15) is 5.82 Å². The second kappa shape index (κ2) is 3.38. The summed E-state index contributed by atoms with van der Waals surface area (Å²) in [5.41, 5.74) is 0. The van der Waals surface area contributed by atoms with Crippen LogP contribution in [0.3, 0.4) is 0 Å². The molecule has 1 aliphatic heterocycles. The summed E-state index contributed by atoms with van der Waals surface area (Å²) in [4.78, 5) is 17.0. The lowest BCUT2D eigenvalue weighted by Crippen LogP contribution is -2.26. The Hall–Kier alpha value is -1.43. The van der Waals surface area contributed by atoms with Gasteiger partial charge in [-0.05, 0) is 6.92 Å². The van der Waals surface area contributed by atoms with Gasteiger partial charge in [0.2, 0.25) is 5.91 Å². The first-order valence-corrected chi connectivity index (χ1v) is 4.51. The average molecular weight is 196 g/mol. The monoisotopic (exact) mass is 196 g/mol.